The van der Waals surface area contributed by atoms with Crippen LogP contribution in [-0.4, -0.2) is 58.3 Å². The van der Waals surface area contributed by atoms with Crippen LogP contribution in [0.25, 0.3) is 5.57 Å². The van der Waals surface area contributed by atoms with Crippen molar-refractivity contribution in [2.45, 2.75) is 12.8 Å². The van der Waals surface area contributed by atoms with E-state index in [1.807, 2.05) is 12.1 Å². The second kappa shape index (κ2) is 8.06. The van der Waals surface area contributed by atoms with Crippen LogP contribution in [0.1, 0.15) is 18.4 Å². The van der Waals surface area contributed by atoms with Crippen LogP contribution in [0.5, 0.6) is 11.5 Å². The van der Waals surface area contributed by atoms with E-state index in [4.69, 9.17) is 9.47 Å². The number of ether oxygens (including phenoxy) is 2. The molecule has 126 valence electrons. The first-order valence-electron chi connectivity index (χ1n) is 8.04. The number of hydrogen-bond donors (Lipinski definition) is 0. The molecule has 0 spiro atoms. The van der Waals surface area contributed by atoms with Gasteiger partial charge in [0.1, 0.15) is 11.5 Å². The zero-order valence-corrected chi connectivity index (χ0v) is 14.9. The molecule has 23 heavy (non-hydrogen) atoms. The first kappa shape index (κ1) is 17.4. The van der Waals surface area contributed by atoms with E-state index in [0.29, 0.717) is 0 Å². The van der Waals surface area contributed by atoms with E-state index in [2.05, 4.69) is 49.2 Å². The monoisotopic (exact) mass is 316 g/mol. The molecule has 0 radical (unpaired) electrons. The van der Waals surface area contributed by atoms with Crippen molar-refractivity contribution >= 4 is 5.57 Å². The average molecular weight is 316 g/mol. The molecular weight excluding hydrogens is 288 g/mol. The van der Waals surface area contributed by atoms with Crippen molar-refractivity contribution in [3.8, 4) is 11.5 Å². The standard InChI is InChI=1S/C19H28N2O2/c1-20(2)12-13-21(3)18-9-7-6-8-16(18)17-14-15(22-4)10-11-19(17)23-5/h6,8,10-11,14H,7,9,12-13H2,1-5H3. The molecule has 4 heteroatoms. The molecule has 0 amide bonds. The van der Waals surface area contributed by atoms with Crippen molar-refractivity contribution in [2.75, 3.05) is 48.5 Å². The normalized spacial score (nSPS) is 14.3. The summed E-state index contributed by atoms with van der Waals surface area (Å²) in [7, 11) is 9.79. The molecule has 1 aliphatic rings. The predicted octanol–water partition coefficient (Wildman–Crippen LogP) is 3.26. The minimum atomic E-state index is 0.850. The topological polar surface area (TPSA) is 24.9 Å². The molecule has 0 aliphatic heterocycles. The summed E-state index contributed by atoms with van der Waals surface area (Å²) < 4.78 is 11.0. The van der Waals surface area contributed by atoms with E-state index >= 15 is 0 Å². The lowest BCUT2D eigenvalue weighted by Crippen LogP contribution is -2.29. The Morgan fingerprint density at radius 3 is 2.48 bits per heavy atom. The second-order valence-electron chi connectivity index (χ2n) is 6.09. The highest BCUT2D eigenvalue weighted by molar-refractivity contribution is 5.81. The molecule has 0 saturated heterocycles. The predicted molar refractivity (Wildman–Crippen MR) is 96.0 cm³/mol. The molecule has 1 aromatic rings. The Kier molecular flexibility index (Phi) is 6.11. The van der Waals surface area contributed by atoms with E-state index in [0.717, 1.165) is 43.0 Å². The van der Waals surface area contributed by atoms with Crippen LogP contribution in [0.15, 0.2) is 36.0 Å². The third-order valence-electron chi connectivity index (χ3n) is 4.18. The molecule has 0 saturated carbocycles. The van der Waals surface area contributed by atoms with Crippen LogP contribution in [-0.2, 0) is 0 Å². The Bertz CT molecular complexity index is 591. The van der Waals surface area contributed by atoms with Gasteiger partial charge in [0.05, 0.1) is 14.2 Å². The van der Waals surface area contributed by atoms with E-state index in [1.54, 1.807) is 14.2 Å². The van der Waals surface area contributed by atoms with Gasteiger partial charge >= 0.3 is 0 Å². The van der Waals surface area contributed by atoms with Crippen molar-refractivity contribution < 1.29 is 9.47 Å². The molecule has 0 fully saturated rings. The summed E-state index contributed by atoms with van der Waals surface area (Å²) in [6.45, 7) is 2.04. The smallest absolute Gasteiger partial charge is 0.127 e. The number of hydrogen-bond acceptors (Lipinski definition) is 4. The van der Waals surface area contributed by atoms with E-state index in [9.17, 15) is 0 Å². The maximum absolute atomic E-state index is 5.57. The minimum absolute atomic E-state index is 0.850. The highest BCUT2D eigenvalue weighted by Crippen LogP contribution is 2.36. The average Bonchev–Trinajstić information content (AvgIpc) is 2.59. The minimum Gasteiger partial charge on any atom is -0.497 e. The van der Waals surface area contributed by atoms with Gasteiger partial charge in [0.25, 0.3) is 0 Å². The number of allylic oxidation sites excluding steroid dienone is 4. The lowest BCUT2D eigenvalue weighted by Gasteiger charge is -2.29. The first-order valence-corrected chi connectivity index (χ1v) is 8.04. The van der Waals surface area contributed by atoms with Crippen molar-refractivity contribution in [3.63, 3.8) is 0 Å². The molecule has 0 heterocycles. The third kappa shape index (κ3) is 4.29. The Hall–Kier alpha value is -1.94. The molecule has 0 atom stereocenters. The van der Waals surface area contributed by atoms with Crippen LogP contribution in [0, 0.1) is 0 Å². The van der Waals surface area contributed by atoms with Crippen LogP contribution < -0.4 is 9.47 Å². The maximum atomic E-state index is 5.57. The molecular formula is C19H28N2O2. The highest BCUT2D eigenvalue weighted by atomic mass is 16.5. The number of likely N-dealkylation sites (N-methyl/N-ethyl adjacent to an activating group) is 2. The summed E-state index contributed by atoms with van der Waals surface area (Å²) in [5, 5.41) is 0. The van der Waals surface area contributed by atoms with Crippen molar-refractivity contribution in [3.05, 3.63) is 41.6 Å². The van der Waals surface area contributed by atoms with Gasteiger partial charge in [-0.1, -0.05) is 12.2 Å². The third-order valence-corrected chi connectivity index (χ3v) is 4.18. The molecule has 0 bridgehead atoms. The lowest BCUT2D eigenvalue weighted by molar-refractivity contribution is 0.320. The second-order valence-corrected chi connectivity index (χ2v) is 6.09. The number of benzene rings is 1. The first-order chi connectivity index (χ1) is 11.1. The van der Waals surface area contributed by atoms with Gasteiger partial charge in [0.15, 0.2) is 0 Å². The fraction of sp³-hybridized carbons (Fsp3) is 0.474. The maximum Gasteiger partial charge on any atom is 0.127 e. The summed E-state index contributed by atoms with van der Waals surface area (Å²) >= 11 is 0. The van der Waals surface area contributed by atoms with Crippen molar-refractivity contribution in [1.29, 1.82) is 0 Å². The van der Waals surface area contributed by atoms with Crippen LogP contribution >= 0.6 is 0 Å². The van der Waals surface area contributed by atoms with Gasteiger partial charge in [-0.05, 0) is 45.1 Å². The summed E-state index contributed by atoms with van der Waals surface area (Å²) in [5.74, 6) is 1.73. The molecule has 0 N–H and O–H groups in total. The molecule has 1 aliphatic carbocycles. The largest absolute Gasteiger partial charge is 0.497 e. The van der Waals surface area contributed by atoms with Crippen molar-refractivity contribution in [1.82, 2.24) is 9.80 Å². The zero-order chi connectivity index (χ0) is 16.8. The summed E-state index contributed by atoms with van der Waals surface area (Å²) in [6, 6.07) is 5.97. The van der Waals surface area contributed by atoms with Crippen LogP contribution in [0.4, 0.5) is 0 Å². The fourth-order valence-corrected chi connectivity index (χ4v) is 2.80. The van der Waals surface area contributed by atoms with E-state index in [1.165, 1.54) is 11.3 Å². The molecule has 2 rings (SSSR count). The SMILES string of the molecule is COc1ccc(OC)c(C2=C(N(C)CCN(C)C)CCC=C2)c1. The number of methoxy groups -OCH3 is 2. The van der Waals surface area contributed by atoms with Crippen LogP contribution in [0.3, 0.4) is 0 Å². The Labute approximate surface area is 140 Å². The van der Waals surface area contributed by atoms with Crippen LogP contribution in [0.2, 0.25) is 0 Å². The highest BCUT2D eigenvalue weighted by Gasteiger charge is 2.18. The quantitative estimate of drug-likeness (QED) is 0.771. The number of rotatable bonds is 7. The summed E-state index contributed by atoms with van der Waals surface area (Å²) in [5.41, 5.74) is 3.68. The molecule has 0 aromatic heterocycles. The van der Waals surface area contributed by atoms with Gasteiger partial charge in [0.2, 0.25) is 0 Å². The Morgan fingerprint density at radius 1 is 1.04 bits per heavy atom. The van der Waals surface area contributed by atoms with Gasteiger partial charge in [0, 0.05) is 37.0 Å². The summed E-state index contributed by atoms with van der Waals surface area (Å²) in [6.07, 6.45) is 6.58. The fourth-order valence-electron chi connectivity index (χ4n) is 2.80. The Morgan fingerprint density at radius 2 is 1.83 bits per heavy atom. The molecule has 0 unspecified atom stereocenters. The Balaban J connectivity index is 2.41. The zero-order valence-electron chi connectivity index (χ0n) is 14.9. The van der Waals surface area contributed by atoms with E-state index in [-0.39, 0.29) is 0 Å². The van der Waals surface area contributed by atoms with Gasteiger partial charge in [-0.15, -0.1) is 0 Å². The van der Waals surface area contributed by atoms with Gasteiger partial charge in [-0.3, -0.25) is 0 Å². The van der Waals surface area contributed by atoms with Crippen molar-refractivity contribution in [2.24, 2.45) is 0 Å². The molecule has 4 nitrogen and oxygen atoms in total. The van der Waals surface area contributed by atoms with Gasteiger partial charge in [-0.2, -0.15) is 0 Å². The number of nitrogens with zero attached hydrogens (tertiary/aromatic N) is 2. The van der Waals surface area contributed by atoms with Gasteiger partial charge in [-0.25, -0.2) is 0 Å². The molecule has 1 aromatic carbocycles. The van der Waals surface area contributed by atoms with E-state index < -0.39 is 0 Å². The summed E-state index contributed by atoms with van der Waals surface area (Å²) in [4.78, 5) is 4.57. The lowest BCUT2D eigenvalue weighted by atomic mass is 9.95. The van der Waals surface area contributed by atoms with Gasteiger partial charge < -0.3 is 19.3 Å².